The number of hydrogen-bond acceptors (Lipinski definition) is 9. The Morgan fingerprint density at radius 2 is 1.79 bits per heavy atom. The molecule has 0 fully saturated rings. The first-order valence-electron chi connectivity index (χ1n) is 13.8. The van der Waals surface area contributed by atoms with E-state index in [-0.39, 0.29) is 64.9 Å². The Morgan fingerprint density at radius 1 is 1.12 bits per heavy atom. The van der Waals surface area contributed by atoms with E-state index in [2.05, 4.69) is 9.88 Å². The van der Waals surface area contributed by atoms with Crippen molar-refractivity contribution in [1.82, 2.24) is 14.4 Å². The smallest absolute Gasteiger partial charge is 0.261 e. The molecule has 0 bridgehead atoms. The summed E-state index contributed by atoms with van der Waals surface area (Å²) in [6.07, 6.45) is -0.833. The van der Waals surface area contributed by atoms with Crippen LogP contribution in [0, 0.1) is 26.7 Å². The molecule has 1 aliphatic heterocycles. The van der Waals surface area contributed by atoms with Crippen molar-refractivity contribution < 1.29 is 36.0 Å². The highest BCUT2D eigenvalue weighted by Gasteiger charge is 2.35. The molecule has 0 unspecified atom stereocenters. The minimum absolute atomic E-state index is 0.0117. The van der Waals surface area contributed by atoms with Gasteiger partial charge in [0, 0.05) is 30.8 Å². The van der Waals surface area contributed by atoms with Crippen LogP contribution in [0.1, 0.15) is 36.4 Å². The van der Waals surface area contributed by atoms with E-state index >= 15 is 0 Å². The summed E-state index contributed by atoms with van der Waals surface area (Å²) in [5, 5.41) is 13.7. The van der Waals surface area contributed by atoms with Gasteiger partial charge in [0.05, 0.1) is 30.5 Å². The van der Waals surface area contributed by atoms with E-state index in [9.17, 15) is 26.7 Å². The number of carbonyl (C=O) groups is 1. The van der Waals surface area contributed by atoms with Gasteiger partial charge in [-0.15, -0.1) is 0 Å². The largest absolute Gasteiger partial charge is 0.488 e. The van der Waals surface area contributed by atoms with E-state index in [0.29, 0.717) is 11.3 Å². The molecule has 2 N–H and O–H groups in total. The summed E-state index contributed by atoms with van der Waals surface area (Å²) in [4.78, 5) is 15.1. The summed E-state index contributed by atoms with van der Waals surface area (Å²) in [5.74, 6) is -0.141. The van der Waals surface area contributed by atoms with Crippen LogP contribution >= 0.6 is 0 Å². The van der Waals surface area contributed by atoms with Crippen molar-refractivity contribution in [2.24, 2.45) is 5.92 Å². The second-order valence-electron chi connectivity index (χ2n) is 11.1. The highest BCUT2D eigenvalue weighted by molar-refractivity contribution is 7.92. The lowest BCUT2D eigenvalue weighted by molar-refractivity contribution is -0.134. The molecule has 0 aliphatic carbocycles. The molecule has 43 heavy (non-hydrogen) atoms. The molecular formula is C29H38N4O8S2. The van der Waals surface area contributed by atoms with E-state index in [0.717, 1.165) is 5.56 Å². The first-order chi connectivity index (χ1) is 20.1. The number of fused-ring (bicyclic) bond motifs is 1. The number of aliphatic hydroxyl groups excluding tert-OH is 1. The van der Waals surface area contributed by atoms with E-state index in [1.165, 1.54) is 42.5 Å². The van der Waals surface area contributed by atoms with Crippen molar-refractivity contribution in [2.75, 3.05) is 31.5 Å². The van der Waals surface area contributed by atoms with Crippen molar-refractivity contribution in [3.8, 4) is 5.75 Å². The average Bonchev–Trinajstić information content (AvgIpc) is 3.31. The number of aliphatic hydroxyl groups is 1. The Morgan fingerprint density at radius 3 is 2.40 bits per heavy atom. The number of amides is 1. The number of likely N-dealkylation sites (N-methyl/N-ethyl adjacent to an activating group) is 1. The molecule has 0 saturated heterocycles. The maximum atomic E-state index is 13.5. The number of benzene rings is 2. The Balaban J connectivity index is 1.69. The van der Waals surface area contributed by atoms with Gasteiger partial charge in [0.2, 0.25) is 15.9 Å². The summed E-state index contributed by atoms with van der Waals surface area (Å²) in [6, 6.07) is 10.6. The lowest BCUT2D eigenvalue weighted by atomic mass is 10.0. The zero-order valence-electron chi connectivity index (χ0n) is 25.1. The third-order valence-electron chi connectivity index (χ3n) is 7.57. The number of rotatable bonds is 9. The summed E-state index contributed by atoms with van der Waals surface area (Å²) in [7, 11) is -6.46. The fraction of sp³-hybridized carbons (Fsp3) is 0.448. The number of aromatic nitrogens is 1. The van der Waals surface area contributed by atoms with Gasteiger partial charge in [-0.25, -0.2) is 16.8 Å². The molecule has 0 spiro atoms. The number of nitrogens with one attached hydrogen (secondary N) is 1. The van der Waals surface area contributed by atoms with Gasteiger partial charge in [0.25, 0.3) is 10.0 Å². The van der Waals surface area contributed by atoms with Crippen LogP contribution in [0.25, 0.3) is 0 Å². The predicted molar refractivity (Wildman–Crippen MR) is 160 cm³/mol. The van der Waals surface area contributed by atoms with Gasteiger partial charge in [-0.05, 0) is 58.0 Å². The maximum absolute atomic E-state index is 13.5. The lowest BCUT2D eigenvalue weighted by Gasteiger charge is -2.33. The fourth-order valence-corrected chi connectivity index (χ4v) is 7.51. The number of nitrogens with zero attached hydrogens (tertiary/aromatic N) is 3. The molecule has 1 aromatic heterocycles. The first-order valence-corrected chi connectivity index (χ1v) is 16.7. The van der Waals surface area contributed by atoms with Crippen LogP contribution in [-0.2, 0) is 31.3 Å². The molecule has 4 rings (SSSR count). The zero-order chi connectivity index (χ0) is 31.7. The molecule has 1 amide bonds. The van der Waals surface area contributed by atoms with E-state index < -0.39 is 32.2 Å². The van der Waals surface area contributed by atoms with Crippen LogP contribution in [0.15, 0.2) is 56.8 Å². The van der Waals surface area contributed by atoms with Gasteiger partial charge in [-0.3, -0.25) is 9.52 Å². The topological polar surface area (TPSA) is 159 Å². The summed E-state index contributed by atoms with van der Waals surface area (Å²) in [5.41, 5.74) is 1.81. The van der Waals surface area contributed by atoms with Gasteiger partial charge in [0.15, 0.2) is 5.76 Å². The predicted octanol–water partition coefficient (Wildman–Crippen LogP) is 2.87. The molecule has 0 saturated carbocycles. The molecule has 2 aromatic carbocycles. The molecule has 1 aliphatic rings. The number of hydrogen-bond donors (Lipinski definition) is 2. The van der Waals surface area contributed by atoms with Crippen LogP contribution in [0.5, 0.6) is 5.75 Å². The number of carbonyl (C=O) groups excluding carboxylic acids is 1. The van der Waals surface area contributed by atoms with E-state index in [1.807, 2.05) is 13.8 Å². The van der Waals surface area contributed by atoms with Crippen LogP contribution in [0.2, 0.25) is 0 Å². The zero-order valence-corrected chi connectivity index (χ0v) is 26.7. The van der Waals surface area contributed by atoms with Crippen LogP contribution in [0.4, 0.5) is 5.69 Å². The van der Waals surface area contributed by atoms with E-state index in [4.69, 9.17) is 9.26 Å². The Hall–Kier alpha value is -3.46. The molecule has 0 radical (unpaired) electrons. The molecule has 14 heteroatoms. The fourth-order valence-electron chi connectivity index (χ4n) is 4.99. The Labute approximate surface area is 252 Å². The SMILES string of the molecule is Cc1ccc(S(=O)(=O)Nc2ccc3c(c2)CC(=O)N([C@@H](C)CO)C[C@H](C)[C@@H](CN(C)S(=O)(=O)c2c(C)noc2C)O3)cc1. The quantitative estimate of drug-likeness (QED) is 0.361. The van der Waals surface area contributed by atoms with Crippen molar-refractivity contribution in [1.29, 1.82) is 0 Å². The van der Waals surface area contributed by atoms with Crippen LogP contribution in [0.3, 0.4) is 0 Å². The molecule has 234 valence electrons. The molecular weight excluding hydrogens is 596 g/mol. The Bertz CT molecular complexity index is 1670. The first kappa shape index (κ1) is 32.5. The van der Waals surface area contributed by atoms with Crippen LogP contribution in [-0.4, -0.2) is 81.1 Å². The van der Waals surface area contributed by atoms with Gasteiger partial charge in [0.1, 0.15) is 22.4 Å². The van der Waals surface area contributed by atoms with Crippen molar-refractivity contribution in [3.63, 3.8) is 0 Å². The standard InChI is InChI=1S/C29H38N4O8S2/c1-18-7-10-25(11-8-18)42(36,37)31-24-9-12-26-23(13-24)14-28(35)33(20(3)17-34)15-19(2)27(40-26)16-32(6)43(38,39)29-21(4)30-41-22(29)5/h7-13,19-20,27,31,34H,14-17H2,1-6H3/t19-,20-,27+/m0/s1. The van der Waals surface area contributed by atoms with Crippen molar-refractivity contribution in [3.05, 3.63) is 65.0 Å². The third-order valence-corrected chi connectivity index (χ3v) is 11.0. The number of anilines is 1. The van der Waals surface area contributed by atoms with E-state index in [1.54, 1.807) is 36.9 Å². The number of aryl methyl sites for hydroxylation is 3. The van der Waals surface area contributed by atoms with Crippen LogP contribution < -0.4 is 9.46 Å². The van der Waals surface area contributed by atoms with Crippen molar-refractivity contribution in [2.45, 2.75) is 63.0 Å². The minimum atomic E-state index is -3.99. The van der Waals surface area contributed by atoms with Gasteiger partial charge >= 0.3 is 0 Å². The third kappa shape index (κ3) is 7.03. The van der Waals surface area contributed by atoms with Gasteiger partial charge in [-0.1, -0.05) is 29.8 Å². The highest BCUT2D eigenvalue weighted by atomic mass is 32.2. The minimum Gasteiger partial charge on any atom is -0.488 e. The molecule has 3 atom stereocenters. The van der Waals surface area contributed by atoms with Gasteiger partial charge < -0.3 is 19.3 Å². The molecule has 12 nitrogen and oxygen atoms in total. The second kappa shape index (κ2) is 12.6. The monoisotopic (exact) mass is 634 g/mol. The maximum Gasteiger partial charge on any atom is 0.261 e. The van der Waals surface area contributed by atoms with Crippen molar-refractivity contribution >= 4 is 31.6 Å². The summed E-state index contributed by atoms with van der Waals surface area (Å²) < 4.78 is 68.2. The lowest BCUT2D eigenvalue weighted by Crippen LogP contribution is -2.48. The number of sulfonamides is 2. The normalized spacial score (nSPS) is 18.8. The number of ether oxygens (including phenoxy) is 1. The second-order valence-corrected chi connectivity index (χ2v) is 14.7. The molecule has 3 aromatic rings. The van der Waals surface area contributed by atoms with Gasteiger partial charge in [-0.2, -0.15) is 4.31 Å². The molecule has 2 heterocycles. The Kier molecular flexibility index (Phi) is 9.54. The summed E-state index contributed by atoms with van der Waals surface area (Å²) >= 11 is 0. The highest BCUT2D eigenvalue weighted by Crippen LogP contribution is 2.31. The average molecular weight is 635 g/mol. The summed E-state index contributed by atoms with van der Waals surface area (Å²) in [6.45, 7) is 8.37.